The summed E-state index contributed by atoms with van der Waals surface area (Å²) in [5.41, 5.74) is 6.83. The Labute approximate surface area is 328 Å². The summed E-state index contributed by atoms with van der Waals surface area (Å²) in [6.45, 7) is 0.656. The number of benzene rings is 1. The van der Waals surface area contributed by atoms with Crippen molar-refractivity contribution in [2.75, 3.05) is 23.3 Å². The third-order valence-corrected chi connectivity index (χ3v) is 9.28. The molecule has 2 fully saturated rings. The van der Waals surface area contributed by atoms with E-state index >= 15 is 0 Å². The molecule has 1 aromatic carbocycles. The Kier molecular flexibility index (Phi) is 13.8. The summed E-state index contributed by atoms with van der Waals surface area (Å²) < 4.78 is 0. The van der Waals surface area contributed by atoms with E-state index in [2.05, 4.69) is 20.8 Å². The molecule has 0 spiro atoms. The van der Waals surface area contributed by atoms with Crippen LogP contribution in [0.2, 0.25) is 0 Å². The summed E-state index contributed by atoms with van der Waals surface area (Å²) >= 11 is 2.25. The van der Waals surface area contributed by atoms with Gasteiger partial charge in [0.25, 0.3) is 11.8 Å². The standard InChI is InChI=1S/C28H27N7O9S2.2Na.2H/c29-28-31-17(12-46-28)20(33-44)23(39)32-21-25(41)35-22(27(42)43)15(11-45-26(21)35)9-14-7-8-34(24(14)40)10-13-1-3-16(4-2-13)30-18(36)5-6-19(37)38;;;;/h1-4,9,12,21,26,44H,5-8,10-11H2,(H2,29,31)(H,30,36)(H,32,39)(H,37,38)(H,42,43);;;;/q;2*+1;2*-1/b14-9+,33-20-;;;;/t21-,26-;;;;/m1..../s1. The fourth-order valence-corrected chi connectivity index (χ4v) is 6.95. The molecule has 0 unspecified atom stereocenters. The van der Waals surface area contributed by atoms with Crippen LogP contribution in [0.4, 0.5) is 10.8 Å². The fourth-order valence-electron chi connectivity index (χ4n) is 5.09. The Morgan fingerprint density at radius 1 is 1.12 bits per heavy atom. The van der Waals surface area contributed by atoms with E-state index in [-0.39, 0.29) is 115 Å². The number of hydrogen-bond donors (Lipinski definition) is 6. The van der Waals surface area contributed by atoms with Gasteiger partial charge in [-0.25, -0.2) is 9.78 Å². The van der Waals surface area contributed by atoms with Crippen molar-refractivity contribution in [3.63, 3.8) is 0 Å². The summed E-state index contributed by atoms with van der Waals surface area (Å²) in [5.74, 6) is -4.53. The molecular weight excluding hydrogens is 688 g/mol. The number of nitrogen functional groups attached to an aromatic ring is 1. The van der Waals surface area contributed by atoms with E-state index in [0.29, 0.717) is 24.2 Å². The number of carboxylic acid groups (broad SMARTS) is 2. The molecule has 0 aliphatic carbocycles. The number of allylic oxidation sites excluding steroid dienone is 1. The summed E-state index contributed by atoms with van der Waals surface area (Å²) in [6, 6.07) is 5.68. The number of oxime groups is 1. The first-order valence-electron chi connectivity index (χ1n) is 13.7. The second-order valence-corrected chi connectivity index (χ2v) is 12.3. The summed E-state index contributed by atoms with van der Waals surface area (Å²) in [6.07, 6.45) is 1.44. The van der Waals surface area contributed by atoms with Crippen LogP contribution in [0.1, 0.15) is 33.4 Å². The number of β-lactam (4-membered cyclic amide) rings is 1. The number of fused-ring (bicyclic) bond motifs is 1. The molecule has 3 aliphatic heterocycles. The molecule has 0 radical (unpaired) electrons. The molecule has 5 rings (SSSR count). The average Bonchev–Trinajstić information content (AvgIpc) is 3.60. The molecule has 7 N–H and O–H groups in total. The zero-order valence-electron chi connectivity index (χ0n) is 27.8. The molecule has 48 heavy (non-hydrogen) atoms. The maximum atomic E-state index is 13.2. The van der Waals surface area contributed by atoms with Crippen molar-refractivity contribution in [2.45, 2.75) is 37.2 Å². The second kappa shape index (κ2) is 16.9. The number of nitrogens with two attached hydrogens (primary N) is 1. The second-order valence-electron chi connectivity index (χ2n) is 10.3. The Bertz CT molecular complexity index is 1740. The first-order valence-corrected chi connectivity index (χ1v) is 15.7. The maximum Gasteiger partial charge on any atom is 1.00 e. The molecule has 2 aromatic rings. The minimum absolute atomic E-state index is 0. The average molecular weight is 718 g/mol. The van der Waals surface area contributed by atoms with E-state index in [1.54, 1.807) is 29.2 Å². The topological polar surface area (TPSA) is 245 Å². The van der Waals surface area contributed by atoms with Crippen molar-refractivity contribution >= 4 is 75.2 Å². The quantitative estimate of drug-likeness (QED) is 0.0320. The van der Waals surface area contributed by atoms with Crippen LogP contribution in [0.15, 0.2) is 57.7 Å². The van der Waals surface area contributed by atoms with Crippen molar-refractivity contribution in [3.8, 4) is 0 Å². The number of carboxylic acids is 2. The number of rotatable bonds is 11. The number of thiazole rings is 1. The maximum absolute atomic E-state index is 13.2. The third-order valence-electron chi connectivity index (χ3n) is 7.31. The van der Waals surface area contributed by atoms with Gasteiger partial charge in [0.05, 0.1) is 6.42 Å². The molecule has 0 bridgehead atoms. The van der Waals surface area contributed by atoms with Gasteiger partial charge in [-0.2, -0.15) is 0 Å². The summed E-state index contributed by atoms with van der Waals surface area (Å²) in [7, 11) is 0. The largest absolute Gasteiger partial charge is 1.00 e. The predicted molar refractivity (Wildman–Crippen MR) is 167 cm³/mol. The van der Waals surface area contributed by atoms with Crippen LogP contribution in [0.25, 0.3) is 0 Å². The minimum atomic E-state index is -1.36. The smallest absolute Gasteiger partial charge is 1.00 e. The Morgan fingerprint density at radius 3 is 2.44 bits per heavy atom. The van der Waals surface area contributed by atoms with Crippen molar-refractivity contribution in [2.24, 2.45) is 5.16 Å². The summed E-state index contributed by atoms with van der Waals surface area (Å²) in [5, 5.41) is 37.0. The predicted octanol–water partition coefficient (Wildman–Crippen LogP) is -4.96. The molecule has 3 aliphatic rings. The fraction of sp³-hybridized carbons (Fsp3) is 0.286. The Hall–Kier alpha value is -3.23. The number of aromatic nitrogens is 1. The number of likely N-dealkylation sites (tertiary alicyclic amines) is 1. The molecule has 4 amide bonds. The minimum Gasteiger partial charge on any atom is -1.00 e. The normalized spacial score (nSPS) is 19.6. The zero-order valence-corrected chi connectivity index (χ0v) is 31.5. The number of hydrogen-bond acceptors (Lipinski definition) is 12. The van der Waals surface area contributed by atoms with E-state index in [9.17, 15) is 39.1 Å². The van der Waals surface area contributed by atoms with E-state index in [0.717, 1.165) is 21.8 Å². The van der Waals surface area contributed by atoms with Crippen molar-refractivity contribution in [1.29, 1.82) is 0 Å². The third kappa shape index (κ3) is 8.67. The molecule has 4 heterocycles. The molecular formula is C28H29N7Na2O9S2. The number of nitrogens with one attached hydrogen (secondary N) is 2. The summed E-state index contributed by atoms with van der Waals surface area (Å²) in [4.78, 5) is 80.4. The number of nitrogens with zero attached hydrogens (tertiary/aromatic N) is 4. The number of aliphatic carboxylic acids is 2. The van der Waals surface area contributed by atoms with E-state index in [1.165, 1.54) is 23.2 Å². The van der Waals surface area contributed by atoms with Gasteiger partial charge in [-0.15, -0.1) is 23.1 Å². The molecule has 2 saturated heterocycles. The molecule has 1 aromatic heterocycles. The molecule has 0 saturated carbocycles. The van der Waals surface area contributed by atoms with Crippen LogP contribution in [0.3, 0.4) is 0 Å². The Balaban J connectivity index is 0.00000312. The van der Waals surface area contributed by atoms with E-state index < -0.39 is 46.8 Å². The molecule has 2 atom stereocenters. The molecule has 244 valence electrons. The van der Waals surface area contributed by atoms with Crippen LogP contribution in [0, 0.1) is 0 Å². The van der Waals surface area contributed by atoms with Crippen LogP contribution in [0.5, 0.6) is 0 Å². The number of carbonyl (C=O) groups excluding carboxylic acids is 4. The first kappa shape index (κ1) is 39.2. The monoisotopic (exact) mass is 717 g/mol. The van der Waals surface area contributed by atoms with Crippen LogP contribution >= 0.6 is 23.1 Å². The van der Waals surface area contributed by atoms with Crippen LogP contribution in [-0.4, -0.2) is 95.2 Å². The SMILES string of the molecule is Nc1nc(/C(=N/O)C(=O)N[C@@H]2C(=O)N3C(C(=O)O)=C(/C=C4\CCN(Cc5ccc(NC(=O)CCC(=O)O)cc5)C4=O)CS[C@H]23)cs1.[H-].[H-].[Na+].[Na+]. The van der Waals surface area contributed by atoms with Gasteiger partial charge < -0.3 is 39.5 Å². The van der Waals surface area contributed by atoms with Gasteiger partial charge in [0.15, 0.2) is 10.8 Å². The van der Waals surface area contributed by atoms with Crippen LogP contribution in [-0.2, 0) is 35.3 Å². The molecule has 16 nitrogen and oxygen atoms in total. The van der Waals surface area contributed by atoms with E-state index in [1.807, 2.05) is 0 Å². The van der Waals surface area contributed by atoms with Gasteiger partial charge in [0, 0.05) is 41.9 Å². The zero-order chi connectivity index (χ0) is 33.1. The van der Waals surface area contributed by atoms with Gasteiger partial charge in [0.1, 0.15) is 22.8 Å². The number of amides is 4. The van der Waals surface area contributed by atoms with Gasteiger partial charge in [-0.1, -0.05) is 17.3 Å². The van der Waals surface area contributed by atoms with Gasteiger partial charge in [0.2, 0.25) is 11.8 Å². The van der Waals surface area contributed by atoms with E-state index in [4.69, 9.17) is 10.8 Å². The Morgan fingerprint density at radius 2 is 1.83 bits per heavy atom. The van der Waals surface area contributed by atoms with Gasteiger partial charge in [-0.3, -0.25) is 28.9 Å². The number of thioether (sulfide) groups is 1. The first-order chi connectivity index (χ1) is 22.0. The van der Waals surface area contributed by atoms with Crippen molar-refractivity contribution < 1.29 is 106 Å². The van der Waals surface area contributed by atoms with Crippen molar-refractivity contribution in [1.82, 2.24) is 20.1 Å². The number of carbonyl (C=O) groups is 6. The van der Waals surface area contributed by atoms with Gasteiger partial charge >= 0.3 is 71.1 Å². The molecule has 20 heteroatoms. The van der Waals surface area contributed by atoms with Crippen molar-refractivity contribution in [3.05, 3.63) is 63.8 Å². The van der Waals surface area contributed by atoms with Crippen LogP contribution < -0.4 is 75.5 Å². The number of anilines is 2. The van der Waals surface area contributed by atoms with Gasteiger partial charge in [-0.05, 0) is 35.8 Å².